The molecule has 7 heteroatoms. The normalized spacial score (nSPS) is 15.2. The number of hydrogen-bond acceptors (Lipinski definition) is 3. The summed E-state index contributed by atoms with van der Waals surface area (Å²) < 4.78 is 50.8. The highest BCUT2D eigenvalue weighted by Gasteiger charge is 2.34. The molecule has 20 heavy (non-hydrogen) atoms. The van der Waals surface area contributed by atoms with Crippen molar-refractivity contribution in [1.82, 2.24) is 5.32 Å². The average molecular weight is 311 g/mol. The summed E-state index contributed by atoms with van der Waals surface area (Å²) in [7, 11) is 0. The lowest BCUT2D eigenvalue weighted by molar-refractivity contribution is -0.140. The van der Waals surface area contributed by atoms with Crippen molar-refractivity contribution < 1.29 is 22.7 Å². The second-order valence-corrected chi connectivity index (χ2v) is 5.52. The summed E-state index contributed by atoms with van der Waals surface area (Å²) in [6, 6.07) is 2.87. The Bertz CT molecular complexity index is 435. The molecule has 0 aliphatic heterocycles. The average Bonchev–Trinajstić information content (AvgIpc) is 2.37. The highest BCUT2D eigenvalue weighted by atomic mass is 32.2. The van der Waals surface area contributed by atoms with Crippen molar-refractivity contribution in [1.29, 1.82) is 0 Å². The van der Waals surface area contributed by atoms with Crippen LogP contribution in [-0.4, -0.2) is 29.3 Å². The molecule has 114 valence electrons. The van der Waals surface area contributed by atoms with Gasteiger partial charge in [-0.25, -0.2) is 4.39 Å². The van der Waals surface area contributed by atoms with E-state index >= 15 is 0 Å². The molecule has 2 atom stereocenters. The third-order valence-electron chi connectivity index (χ3n) is 3.00. The minimum Gasteiger partial charge on any atom is -0.395 e. The molecule has 2 unspecified atom stereocenters. The molecule has 0 amide bonds. The summed E-state index contributed by atoms with van der Waals surface area (Å²) in [5.41, 5.74) is -0.906. The third-order valence-corrected chi connectivity index (χ3v) is 4.17. The Hall–Kier alpha value is -0.790. The van der Waals surface area contributed by atoms with E-state index in [-0.39, 0.29) is 24.4 Å². The van der Waals surface area contributed by atoms with Crippen molar-refractivity contribution in [2.24, 2.45) is 0 Å². The Balaban J connectivity index is 2.75. The Morgan fingerprint density at radius 1 is 1.35 bits per heavy atom. The Morgan fingerprint density at radius 2 is 2.00 bits per heavy atom. The first kappa shape index (κ1) is 17.3. The number of thioether (sulfide) groups is 1. The van der Waals surface area contributed by atoms with E-state index in [1.54, 1.807) is 0 Å². The van der Waals surface area contributed by atoms with Crippen LogP contribution in [0.2, 0.25) is 0 Å². The zero-order valence-corrected chi connectivity index (χ0v) is 12.0. The first-order valence-electron chi connectivity index (χ1n) is 6.02. The molecule has 1 rings (SSSR count). The molecule has 0 radical (unpaired) electrons. The van der Waals surface area contributed by atoms with Crippen LogP contribution in [0, 0.1) is 5.82 Å². The molecule has 1 aromatic carbocycles. The van der Waals surface area contributed by atoms with Gasteiger partial charge in [-0.05, 0) is 30.9 Å². The number of alkyl halides is 3. The smallest absolute Gasteiger partial charge is 0.395 e. The number of benzene rings is 1. The van der Waals surface area contributed by atoms with E-state index in [1.807, 2.05) is 13.2 Å². The van der Waals surface area contributed by atoms with E-state index in [4.69, 9.17) is 5.11 Å². The number of hydrogen-bond donors (Lipinski definition) is 2. The van der Waals surface area contributed by atoms with Crippen LogP contribution in [0.5, 0.6) is 0 Å². The van der Waals surface area contributed by atoms with Crippen LogP contribution in [0.15, 0.2) is 18.2 Å². The van der Waals surface area contributed by atoms with Gasteiger partial charge in [0.25, 0.3) is 0 Å². The molecular weight excluding hydrogens is 294 g/mol. The number of nitrogens with one attached hydrogen (secondary N) is 1. The van der Waals surface area contributed by atoms with Crippen LogP contribution in [0.3, 0.4) is 0 Å². The van der Waals surface area contributed by atoms with Gasteiger partial charge in [-0.1, -0.05) is 6.07 Å². The SMILES string of the molecule is CSC(CO)C(C)NCc1ccc(F)c(C(F)(F)F)c1. The van der Waals surface area contributed by atoms with Gasteiger partial charge >= 0.3 is 6.18 Å². The third kappa shape index (κ3) is 4.64. The lowest BCUT2D eigenvalue weighted by Gasteiger charge is -2.21. The Labute approximate surface area is 119 Å². The lowest BCUT2D eigenvalue weighted by atomic mass is 10.1. The molecule has 0 bridgehead atoms. The van der Waals surface area contributed by atoms with E-state index in [2.05, 4.69) is 5.32 Å². The van der Waals surface area contributed by atoms with Gasteiger partial charge in [-0.2, -0.15) is 24.9 Å². The van der Waals surface area contributed by atoms with Crippen molar-refractivity contribution in [3.8, 4) is 0 Å². The quantitative estimate of drug-likeness (QED) is 0.792. The second-order valence-electron chi connectivity index (χ2n) is 4.44. The van der Waals surface area contributed by atoms with Crippen molar-refractivity contribution in [3.63, 3.8) is 0 Å². The van der Waals surface area contributed by atoms with E-state index in [0.717, 1.165) is 12.1 Å². The number of aliphatic hydroxyl groups is 1. The largest absolute Gasteiger partial charge is 0.419 e. The molecule has 0 aromatic heterocycles. The van der Waals surface area contributed by atoms with Crippen LogP contribution < -0.4 is 5.32 Å². The highest BCUT2D eigenvalue weighted by molar-refractivity contribution is 7.99. The van der Waals surface area contributed by atoms with Gasteiger partial charge in [0.05, 0.1) is 12.2 Å². The maximum atomic E-state index is 13.1. The zero-order valence-electron chi connectivity index (χ0n) is 11.2. The summed E-state index contributed by atoms with van der Waals surface area (Å²) in [6.45, 7) is 2.00. The summed E-state index contributed by atoms with van der Waals surface area (Å²) in [6.07, 6.45) is -2.85. The first-order valence-corrected chi connectivity index (χ1v) is 7.31. The van der Waals surface area contributed by atoms with Gasteiger partial charge in [-0.3, -0.25) is 0 Å². The molecule has 0 saturated heterocycles. The van der Waals surface area contributed by atoms with Crippen molar-refractivity contribution in [3.05, 3.63) is 35.1 Å². The predicted molar refractivity (Wildman–Crippen MR) is 72.1 cm³/mol. The van der Waals surface area contributed by atoms with Gasteiger partial charge in [0.1, 0.15) is 5.82 Å². The predicted octanol–water partition coefficient (Wildman–Crippen LogP) is 3.05. The molecule has 0 fully saturated rings. The summed E-state index contributed by atoms with van der Waals surface area (Å²) >= 11 is 1.47. The van der Waals surface area contributed by atoms with Crippen LogP contribution >= 0.6 is 11.8 Å². The van der Waals surface area contributed by atoms with Gasteiger partial charge in [0.15, 0.2) is 0 Å². The summed E-state index contributed by atoms with van der Waals surface area (Å²) in [5, 5.41) is 12.1. The monoisotopic (exact) mass is 311 g/mol. The summed E-state index contributed by atoms with van der Waals surface area (Å²) in [4.78, 5) is 0. The topological polar surface area (TPSA) is 32.3 Å². The maximum Gasteiger partial charge on any atom is 0.419 e. The van der Waals surface area contributed by atoms with Crippen LogP contribution in [-0.2, 0) is 12.7 Å². The highest BCUT2D eigenvalue weighted by Crippen LogP contribution is 2.31. The van der Waals surface area contributed by atoms with Crippen molar-refractivity contribution in [2.75, 3.05) is 12.9 Å². The summed E-state index contributed by atoms with van der Waals surface area (Å²) in [5.74, 6) is -1.27. The number of aliphatic hydroxyl groups excluding tert-OH is 1. The molecule has 0 saturated carbocycles. The molecule has 1 aromatic rings. The standard InChI is InChI=1S/C13H17F4NOS/c1-8(12(7-19)20-2)18-6-9-3-4-11(14)10(5-9)13(15,16)17/h3-5,8,12,18-19H,6-7H2,1-2H3. The minimum atomic E-state index is -4.70. The van der Waals surface area contributed by atoms with E-state index in [0.29, 0.717) is 5.56 Å². The van der Waals surface area contributed by atoms with Crippen LogP contribution in [0.4, 0.5) is 17.6 Å². The maximum absolute atomic E-state index is 13.1. The van der Waals surface area contributed by atoms with Gasteiger partial charge in [0.2, 0.25) is 0 Å². The minimum absolute atomic E-state index is 0.0213. The van der Waals surface area contributed by atoms with Crippen molar-refractivity contribution >= 4 is 11.8 Å². The number of rotatable bonds is 6. The number of halogens is 4. The van der Waals surface area contributed by atoms with Gasteiger partial charge < -0.3 is 10.4 Å². The lowest BCUT2D eigenvalue weighted by Crippen LogP contribution is -2.37. The molecule has 0 heterocycles. The Kier molecular flexibility index (Phi) is 6.29. The molecule has 2 N–H and O–H groups in total. The van der Waals surface area contributed by atoms with E-state index in [9.17, 15) is 17.6 Å². The fourth-order valence-electron chi connectivity index (χ4n) is 1.75. The molecule has 0 aliphatic carbocycles. The van der Waals surface area contributed by atoms with Crippen LogP contribution in [0.25, 0.3) is 0 Å². The molecule has 2 nitrogen and oxygen atoms in total. The first-order chi connectivity index (χ1) is 9.29. The van der Waals surface area contributed by atoms with Gasteiger partial charge in [-0.15, -0.1) is 0 Å². The fraction of sp³-hybridized carbons (Fsp3) is 0.538. The Morgan fingerprint density at radius 3 is 2.50 bits per heavy atom. The molecule has 0 aliphatic rings. The molecule has 0 spiro atoms. The van der Waals surface area contributed by atoms with E-state index < -0.39 is 17.6 Å². The van der Waals surface area contributed by atoms with Crippen molar-refractivity contribution in [2.45, 2.75) is 30.9 Å². The van der Waals surface area contributed by atoms with Gasteiger partial charge in [0, 0.05) is 17.8 Å². The second kappa shape index (κ2) is 7.28. The van der Waals surface area contributed by atoms with E-state index in [1.165, 1.54) is 17.8 Å². The fourth-order valence-corrected chi connectivity index (χ4v) is 2.40. The molecular formula is C13H17F4NOS. The zero-order chi connectivity index (χ0) is 15.3. The van der Waals surface area contributed by atoms with Crippen LogP contribution in [0.1, 0.15) is 18.1 Å².